The Hall–Kier alpha value is -1.77. The Morgan fingerprint density at radius 2 is 1.87 bits per heavy atom. The first-order chi connectivity index (χ1) is 7.18. The average molecular weight is 202 g/mol. The summed E-state index contributed by atoms with van der Waals surface area (Å²) in [5.74, 6) is 0.908. The number of nitrogen functional groups attached to an aromatic ring is 1. The van der Waals surface area contributed by atoms with Crippen LogP contribution in [-0.4, -0.2) is 5.16 Å². The van der Waals surface area contributed by atoms with Crippen molar-refractivity contribution in [1.29, 1.82) is 0 Å². The number of hydrogen-bond acceptors (Lipinski definition) is 3. The van der Waals surface area contributed by atoms with E-state index in [1.165, 1.54) is 5.56 Å². The monoisotopic (exact) mass is 202 g/mol. The second kappa shape index (κ2) is 3.77. The molecule has 2 rings (SSSR count). The molecule has 1 aromatic carbocycles. The van der Waals surface area contributed by atoms with Crippen LogP contribution in [0.25, 0.3) is 11.1 Å². The summed E-state index contributed by atoms with van der Waals surface area (Å²) in [4.78, 5) is 0. The maximum absolute atomic E-state index is 5.64. The highest BCUT2D eigenvalue weighted by atomic mass is 16.5. The molecule has 0 radical (unpaired) electrons. The van der Waals surface area contributed by atoms with Gasteiger partial charge in [0, 0.05) is 0 Å². The molecule has 1 heterocycles. The number of anilines is 1. The Morgan fingerprint density at radius 1 is 1.20 bits per heavy atom. The van der Waals surface area contributed by atoms with Crippen LogP contribution in [0.15, 0.2) is 35.0 Å². The van der Waals surface area contributed by atoms with Crippen LogP contribution in [0.2, 0.25) is 0 Å². The molecule has 0 saturated heterocycles. The Labute approximate surface area is 88.9 Å². The zero-order valence-electron chi connectivity index (χ0n) is 8.90. The maximum atomic E-state index is 5.64. The third-order valence-electron chi connectivity index (χ3n) is 2.49. The minimum absolute atomic E-state index is 0.368. The minimum atomic E-state index is 0.368. The smallest absolute Gasteiger partial charge is 0.229 e. The van der Waals surface area contributed by atoms with Crippen molar-refractivity contribution in [3.63, 3.8) is 0 Å². The molecule has 0 amide bonds. The van der Waals surface area contributed by atoms with E-state index in [4.69, 9.17) is 10.3 Å². The third-order valence-corrected chi connectivity index (χ3v) is 2.49. The predicted octanol–water partition coefficient (Wildman–Crippen LogP) is 3.05. The number of hydrogen-bond donors (Lipinski definition) is 1. The van der Waals surface area contributed by atoms with Gasteiger partial charge in [0.05, 0.1) is 11.8 Å². The van der Waals surface area contributed by atoms with Crippen molar-refractivity contribution in [2.75, 3.05) is 5.73 Å². The highest BCUT2D eigenvalue weighted by Crippen LogP contribution is 2.26. The fourth-order valence-electron chi connectivity index (χ4n) is 1.51. The normalized spacial score (nSPS) is 10.9. The maximum Gasteiger partial charge on any atom is 0.229 e. The van der Waals surface area contributed by atoms with Crippen LogP contribution in [0.5, 0.6) is 0 Å². The molecule has 0 fully saturated rings. The zero-order valence-corrected chi connectivity index (χ0v) is 8.90. The molecule has 3 nitrogen and oxygen atoms in total. The third kappa shape index (κ3) is 1.86. The van der Waals surface area contributed by atoms with Gasteiger partial charge in [-0.05, 0) is 17.0 Å². The van der Waals surface area contributed by atoms with Gasteiger partial charge < -0.3 is 10.3 Å². The van der Waals surface area contributed by atoms with E-state index in [9.17, 15) is 0 Å². The standard InChI is InChI=1S/C12H14N2O/c1-8(2)9-3-5-10(6-4-9)11-7-14-15-12(11)13/h3-8H,13H2,1-2H3. The predicted molar refractivity (Wildman–Crippen MR) is 60.4 cm³/mol. The summed E-state index contributed by atoms with van der Waals surface area (Å²) >= 11 is 0. The lowest BCUT2D eigenvalue weighted by molar-refractivity contribution is 0.436. The average Bonchev–Trinajstić information content (AvgIpc) is 2.65. The molecule has 15 heavy (non-hydrogen) atoms. The van der Waals surface area contributed by atoms with E-state index in [0.717, 1.165) is 11.1 Å². The van der Waals surface area contributed by atoms with Gasteiger partial charge in [-0.15, -0.1) is 0 Å². The van der Waals surface area contributed by atoms with Gasteiger partial charge in [-0.1, -0.05) is 43.3 Å². The molecule has 0 unspecified atom stereocenters. The van der Waals surface area contributed by atoms with Crippen LogP contribution < -0.4 is 5.73 Å². The Balaban J connectivity index is 2.36. The molecule has 78 valence electrons. The van der Waals surface area contributed by atoms with E-state index in [1.54, 1.807) is 6.20 Å². The largest absolute Gasteiger partial charge is 0.367 e. The minimum Gasteiger partial charge on any atom is -0.367 e. The summed E-state index contributed by atoms with van der Waals surface area (Å²) in [5.41, 5.74) is 8.85. The SMILES string of the molecule is CC(C)c1ccc(-c2cnoc2N)cc1. The molecule has 0 atom stereocenters. The van der Waals surface area contributed by atoms with Crippen LogP contribution in [0.4, 0.5) is 5.88 Å². The van der Waals surface area contributed by atoms with Crippen LogP contribution in [0, 0.1) is 0 Å². The second-order valence-corrected chi connectivity index (χ2v) is 3.88. The topological polar surface area (TPSA) is 52.0 Å². The molecule has 0 aliphatic rings. The molecular formula is C12H14N2O. The van der Waals surface area contributed by atoms with Crippen molar-refractivity contribution >= 4 is 5.88 Å². The summed E-state index contributed by atoms with van der Waals surface area (Å²) in [6.07, 6.45) is 1.64. The van der Waals surface area contributed by atoms with Crippen LogP contribution >= 0.6 is 0 Å². The van der Waals surface area contributed by atoms with Crippen LogP contribution in [0.3, 0.4) is 0 Å². The van der Waals surface area contributed by atoms with E-state index in [0.29, 0.717) is 11.8 Å². The number of nitrogens with zero attached hydrogens (tertiary/aromatic N) is 1. The summed E-state index contributed by atoms with van der Waals surface area (Å²) in [6.45, 7) is 4.34. The van der Waals surface area contributed by atoms with E-state index in [2.05, 4.69) is 31.1 Å². The lowest BCUT2D eigenvalue weighted by Gasteiger charge is -2.05. The first kappa shape index (κ1) is 9.77. The quantitative estimate of drug-likeness (QED) is 0.814. The highest BCUT2D eigenvalue weighted by Gasteiger charge is 2.07. The van der Waals surface area contributed by atoms with E-state index < -0.39 is 0 Å². The molecule has 2 N–H and O–H groups in total. The van der Waals surface area contributed by atoms with Gasteiger partial charge in [0.15, 0.2) is 0 Å². The van der Waals surface area contributed by atoms with Crippen molar-refractivity contribution in [3.8, 4) is 11.1 Å². The summed E-state index contributed by atoms with van der Waals surface area (Å²) in [7, 11) is 0. The number of nitrogens with two attached hydrogens (primary N) is 1. The molecule has 1 aromatic heterocycles. The molecule has 0 spiro atoms. The van der Waals surface area contributed by atoms with Gasteiger partial charge in [-0.25, -0.2) is 0 Å². The highest BCUT2D eigenvalue weighted by molar-refractivity contribution is 5.71. The van der Waals surface area contributed by atoms with Gasteiger partial charge in [-0.3, -0.25) is 0 Å². The van der Waals surface area contributed by atoms with Crippen molar-refractivity contribution in [1.82, 2.24) is 5.16 Å². The number of aromatic nitrogens is 1. The van der Waals surface area contributed by atoms with Crippen LogP contribution in [0.1, 0.15) is 25.3 Å². The van der Waals surface area contributed by atoms with E-state index in [-0.39, 0.29) is 0 Å². The molecule has 0 saturated carbocycles. The van der Waals surface area contributed by atoms with Gasteiger partial charge >= 0.3 is 0 Å². The van der Waals surface area contributed by atoms with Crippen molar-refractivity contribution in [2.24, 2.45) is 0 Å². The molecular weight excluding hydrogens is 188 g/mol. The second-order valence-electron chi connectivity index (χ2n) is 3.88. The molecule has 0 bridgehead atoms. The first-order valence-corrected chi connectivity index (χ1v) is 4.99. The van der Waals surface area contributed by atoms with Gasteiger partial charge in [0.2, 0.25) is 5.88 Å². The lowest BCUT2D eigenvalue weighted by Crippen LogP contribution is -1.88. The molecule has 0 aliphatic carbocycles. The van der Waals surface area contributed by atoms with E-state index in [1.807, 2.05) is 12.1 Å². The molecule has 3 heteroatoms. The van der Waals surface area contributed by atoms with Crippen molar-refractivity contribution < 1.29 is 4.52 Å². The Kier molecular flexibility index (Phi) is 2.46. The summed E-state index contributed by atoms with van der Waals surface area (Å²) < 4.78 is 4.82. The van der Waals surface area contributed by atoms with E-state index >= 15 is 0 Å². The van der Waals surface area contributed by atoms with Gasteiger partial charge in [-0.2, -0.15) is 0 Å². The fourth-order valence-corrected chi connectivity index (χ4v) is 1.51. The molecule has 0 aliphatic heterocycles. The van der Waals surface area contributed by atoms with Gasteiger partial charge in [0.25, 0.3) is 0 Å². The summed E-state index contributed by atoms with van der Waals surface area (Å²) in [5, 5.41) is 3.66. The Bertz CT molecular complexity index is 443. The number of rotatable bonds is 2. The Morgan fingerprint density at radius 3 is 2.33 bits per heavy atom. The fraction of sp³-hybridized carbons (Fsp3) is 0.250. The summed E-state index contributed by atoms with van der Waals surface area (Å²) in [6, 6.07) is 8.29. The molecule has 2 aromatic rings. The van der Waals surface area contributed by atoms with Gasteiger partial charge in [0.1, 0.15) is 0 Å². The lowest BCUT2D eigenvalue weighted by atomic mass is 10.00. The van der Waals surface area contributed by atoms with Crippen LogP contribution in [-0.2, 0) is 0 Å². The number of benzene rings is 1. The first-order valence-electron chi connectivity index (χ1n) is 4.99. The zero-order chi connectivity index (χ0) is 10.8. The van der Waals surface area contributed by atoms with Crippen molar-refractivity contribution in [3.05, 3.63) is 36.0 Å². The van der Waals surface area contributed by atoms with Crippen molar-refractivity contribution in [2.45, 2.75) is 19.8 Å².